The zero-order valence-electron chi connectivity index (χ0n) is 11.5. The van der Waals surface area contributed by atoms with Crippen LogP contribution in [0.5, 0.6) is 0 Å². The fraction of sp³-hybridized carbons (Fsp3) is 0.625. The zero-order chi connectivity index (χ0) is 12.8. The van der Waals surface area contributed by atoms with Crippen molar-refractivity contribution < 1.29 is 0 Å². The van der Waals surface area contributed by atoms with Crippen molar-refractivity contribution in [3.63, 3.8) is 0 Å². The summed E-state index contributed by atoms with van der Waals surface area (Å²) in [6, 6.07) is 11.2. The molecule has 1 heterocycles. The van der Waals surface area contributed by atoms with Crippen molar-refractivity contribution >= 4 is 0 Å². The van der Waals surface area contributed by atoms with Gasteiger partial charge in [-0.25, -0.2) is 0 Å². The Bertz CT molecular complexity index is 334. The van der Waals surface area contributed by atoms with Crippen LogP contribution in [0.2, 0.25) is 0 Å². The lowest BCUT2D eigenvalue weighted by Crippen LogP contribution is -2.30. The summed E-state index contributed by atoms with van der Waals surface area (Å²) in [5.74, 6) is 0.721. The van der Waals surface area contributed by atoms with Crippen LogP contribution in [-0.4, -0.2) is 30.6 Å². The van der Waals surface area contributed by atoms with Crippen LogP contribution < -0.4 is 5.73 Å². The van der Waals surface area contributed by atoms with Crippen LogP contribution in [-0.2, 0) is 6.42 Å². The molecule has 2 unspecified atom stereocenters. The molecule has 18 heavy (non-hydrogen) atoms. The highest BCUT2D eigenvalue weighted by atomic mass is 15.1. The molecule has 0 aliphatic carbocycles. The minimum atomic E-state index is 0.360. The van der Waals surface area contributed by atoms with E-state index < -0.39 is 0 Å². The first-order chi connectivity index (χ1) is 8.75. The molecule has 100 valence electrons. The summed E-state index contributed by atoms with van der Waals surface area (Å²) in [7, 11) is 0. The first-order valence-corrected chi connectivity index (χ1v) is 7.27. The molecule has 0 bridgehead atoms. The maximum atomic E-state index is 5.96. The lowest BCUT2D eigenvalue weighted by atomic mass is 10.0. The van der Waals surface area contributed by atoms with E-state index in [1.54, 1.807) is 0 Å². The molecule has 2 heteroatoms. The number of rotatable bonds is 6. The topological polar surface area (TPSA) is 29.3 Å². The lowest BCUT2D eigenvalue weighted by Gasteiger charge is -2.17. The van der Waals surface area contributed by atoms with E-state index in [1.165, 1.54) is 50.9 Å². The van der Waals surface area contributed by atoms with Gasteiger partial charge in [0.2, 0.25) is 0 Å². The SMILES string of the molecule is CC(N)C1CCN(CCCCc2ccccc2)C1. The van der Waals surface area contributed by atoms with Crippen molar-refractivity contribution in [3.05, 3.63) is 35.9 Å². The predicted octanol–water partition coefficient (Wildman–Crippen LogP) is 2.68. The fourth-order valence-electron chi connectivity index (χ4n) is 2.80. The molecule has 1 aliphatic rings. The summed E-state index contributed by atoms with van der Waals surface area (Å²) in [6.45, 7) is 5.85. The number of unbranched alkanes of at least 4 members (excludes halogenated alkanes) is 1. The van der Waals surface area contributed by atoms with E-state index in [-0.39, 0.29) is 0 Å². The average Bonchev–Trinajstić information content (AvgIpc) is 2.85. The number of nitrogens with zero attached hydrogens (tertiary/aromatic N) is 1. The number of benzene rings is 1. The number of hydrogen-bond donors (Lipinski definition) is 1. The number of nitrogens with two attached hydrogens (primary N) is 1. The molecule has 0 spiro atoms. The maximum Gasteiger partial charge on any atom is 0.00514 e. The van der Waals surface area contributed by atoms with E-state index in [0.717, 1.165) is 5.92 Å². The van der Waals surface area contributed by atoms with E-state index in [1.807, 2.05) is 0 Å². The van der Waals surface area contributed by atoms with Crippen LogP contribution in [0.1, 0.15) is 31.7 Å². The van der Waals surface area contributed by atoms with E-state index in [9.17, 15) is 0 Å². The molecule has 0 saturated carbocycles. The third-order valence-corrected chi connectivity index (χ3v) is 4.09. The van der Waals surface area contributed by atoms with Crippen LogP contribution in [0, 0.1) is 5.92 Å². The molecule has 2 rings (SSSR count). The molecule has 1 aromatic carbocycles. The molecular formula is C16H26N2. The van der Waals surface area contributed by atoms with Gasteiger partial charge in [-0.1, -0.05) is 30.3 Å². The molecule has 2 atom stereocenters. The highest BCUT2D eigenvalue weighted by Gasteiger charge is 2.24. The molecule has 1 saturated heterocycles. The molecule has 1 aliphatic heterocycles. The van der Waals surface area contributed by atoms with E-state index >= 15 is 0 Å². The average molecular weight is 246 g/mol. The molecule has 1 fully saturated rings. The summed E-state index contributed by atoms with van der Waals surface area (Å²) in [4.78, 5) is 2.58. The molecule has 0 aromatic heterocycles. The molecule has 2 nitrogen and oxygen atoms in total. The Morgan fingerprint density at radius 1 is 1.28 bits per heavy atom. The van der Waals surface area contributed by atoms with Gasteiger partial charge in [-0.15, -0.1) is 0 Å². The Morgan fingerprint density at radius 2 is 2.06 bits per heavy atom. The normalized spacial score (nSPS) is 22.2. The number of hydrogen-bond acceptors (Lipinski definition) is 2. The number of likely N-dealkylation sites (tertiary alicyclic amines) is 1. The second-order valence-corrected chi connectivity index (χ2v) is 5.65. The van der Waals surface area contributed by atoms with Crippen LogP contribution in [0.15, 0.2) is 30.3 Å². The van der Waals surface area contributed by atoms with Gasteiger partial charge in [-0.05, 0) is 57.2 Å². The lowest BCUT2D eigenvalue weighted by molar-refractivity contribution is 0.309. The van der Waals surface area contributed by atoms with Gasteiger partial charge in [0.05, 0.1) is 0 Å². The first-order valence-electron chi connectivity index (χ1n) is 7.27. The highest BCUT2D eigenvalue weighted by Crippen LogP contribution is 2.19. The summed E-state index contributed by atoms with van der Waals surface area (Å²) in [5, 5.41) is 0. The van der Waals surface area contributed by atoms with Crippen molar-refractivity contribution in [2.24, 2.45) is 11.7 Å². The summed E-state index contributed by atoms with van der Waals surface area (Å²) in [5.41, 5.74) is 7.43. The van der Waals surface area contributed by atoms with Crippen LogP contribution >= 0.6 is 0 Å². The Labute approximate surface area is 111 Å². The summed E-state index contributed by atoms with van der Waals surface area (Å²) in [6.07, 6.45) is 5.10. The third-order valence-electron chi connectivity index (χ3n) is 4.09. The smallest absolute Gasteiger partial charge is 0.00514 e. The highest BCUT2D eigenvalue weighted by molar-refractivity contribution is 5.14. The second kappa shape index (κ2) is 6.91. The van der Waals surface area contributed by atoms with Crippen molar-refractivity contribution in [1.29, 1.82) is 0 Å². The Morgan fingerprint density at radius 3 is 2.72 bits per heavy atom. The van der Waals surface area contributed by atoms with Crippen molar-refractivity contribution in [3.8, 4) is 0 Å². The Hall–Kier alpha value is -0.860. The molecular weight excluding hydrogens is 220 g/mol. The Kier molecular flexibility index (Phi) is 5.21. The fourth-order valence-corrected chi connectivity index (χ4v) is 2.80. The molecule has 0 radical (unpaired) electrons. The quantitative estimate of drug-likeness (QED) is 0.782. The van der Waals surface area contributed by atoms with E-state index in [4.69, 9.17) is 5.73 Å². The second-order valence-electron chi connectivity index (χ2n) is 5.65. The predicted molar refractivity (Wildman–Crippen MR) is 77.6 cm³/mol. The van der Waals surface area contributed by atoms with Gasteiger partial charge >= 0.3 is 0 Å². The summed E-state index contributed by atoms with van der Waals surface area (Å²) >= 11 is 0. The molecule has 1 aromatic rings. The van der Waals surface area contributed by atoms with Gasteiger partial charge in [0.1, 0.15) is 0 Å². The number of aryl methyl sites for hydroxylation is 1. The van der Waals surface area contributed by atoms with Crippen molar-refractivity contribution in [1.82, 2.24) is 4.90 Å². The van der Waals surface area contributed by atoms with Gasteiger partial charge < -0.3 is 10.6 Å². The van der Waals surface area contributed by atoms with Gasteiger partial charge in [-0.3, -0.25) is 0 Å². The minimum absolute atomic E-state index is 0.360. The van der Waals surface area contributed by atoms with Crippen molar-refractivity contribution in [2.75, 3.05) is 19.6 Å². The van der Waals surface area contributed by atoms with E-state index in [2.05, 4.69) is 42.2 Å². The minimum Gasteiger partial charge on any atom is -0.328 e. The third kappa shape index (κ3) is 4.11. The van der Waals surface area contributed by atoms with Gasteiger partial charge in [0.15, 0.2) is 0 Å². The first kappa shape index (κ1) is 13.6. The van der Waals surface area contributed by atoms with Gasteiger partial charge in [0.25, 0.3) is 0 Å². The van der Waals surface area contributed by atoms with Gasteiger partial charge in [-0.2, -0.15) is 0 Å². The Balaban J connectivity index is 1.59. The largest absolute Gasteiger partial charge is 0.328 e. The zero-order valence-corrected chi connectivity index (χ0v) is 11.5. The van der Waals surface area contributed by atoms with E-state index in [0.29, 0.717) is 6.04 Å². The monoisotopic (exact) mass is 246 g/mol. The standard InChI is InChI=1S/C16H26N2/c1-14(17)16-10-12-18(13-16)11-6-5-9-15-7-3-2-4-8-15/h2-4,7-8,14,16H,5-6,9-13,17H2,1H3. The summed E-state index contributed by atoms with van der Waals surface area (Å²) < 4.78 is 0. The maximum absolute atomic E-state index is 5.96. The van der Waals surface area contributed by atoms with Crippen LogP contribution in [0.3, 0.4) is 0 Å². The molecule has 2 N–H and O–H groups in total. The molecule has 0 amide bonds. The van der Waals surface area contributed by atoms with Crippen LogP contribution in [0.4, 0.5) is 0 Å². The van der Waals surface area contributed by atoms with Crippen molar-refractivity contribution in [2.45, 2.75) is 38.6 Å². The van der Waals surface area contributed by atoms with Crippen LogP contribution in [0.25, 0.3) is 0 Å². The van der Waals surface area contributed by atoms with Gasteiger partial charge in [0, 0.05) is 12.6 Å².